The molecule has 2 N–H and O–H groups in total. The topological polar surface area (TPSA) is 92.7 Å². The van der Waals surface area contributed by atoms with E-state index < -0.39 is 0 Å². The Morgan fingerprint density at radius 3 is 2.85 bits per heavy atom. The Kier molecular flexibility index (Phi) is 4.42. The van der Waals surface area contributed by atoms with E-state index in [0.717, 1.165) is 22.0 Å². The van der Waals surface area contributed by atoms with E-state index in [1.165, 1.54) is 10.9 Å². The van der Waals surface area contributed by atoms with Crippen molar-refractivity contribution in [1.29, 1.82) is 0 Å². The van der Waals surface area contributed by atoms with Crippen molar-refractivity contribution in [3.8, 4) is 0 Å². The van der Waals surface area contributed by atoms with Gasteiger partial charge in [-0.1, -0.05) is 11.6 Å². The van der Waals surface area contributed by atoms with Crippen molar-refractivity contribution in [3.63, 3.8) is 0 Å². The highest BCUT2D eigenvalue weighted by molar-refractivity contribution is 6.04. The van der Waals surface area contributed by atoms with E-state index in [1.54, 1.807) is 12.4 Å². The normalized spacial score (nSPS) is 11.1. The average Bonchev–Trinajstić information content (AvgIpc) is 3.05. The van der Waals surface area contributed by atoms with Crippen LogP contribution in [0, 0.1) is 6.92 Å². The largest absolute Gasteiger partial charge is 0.352 e. The fourth-order valence-electron chi connectivity index (χ4n) is 3.07. The molecule has 0 fully saturated rings. The van der Waals surface area contributed by atoms with Crippen LogP contribution in [0.25, 0.3) is 21.9 Å². The van der Waals surface area contributed by atoms with Gasteiger partial charge in [0.2, 0.25) is 5.91 Å². The number of aryl methyl sites for hydroxylation is 2. The number of carbonyl (C=O) groups is 1. The molecule has 7 nitrogen and oxygen atoms in total. The number of nitrogens with one attached hydrogen (secondary N) is 2. The fourth-order valence-corrected chi connectivity index (χ4v) is 3.07. The summed E-state index contributed by atoms with van der Waals surface area (Å²) in [6.07, 6.45) is 5.08. The number of hydrogen-bond acceptors (Lipinski definition) is 4. The molecule has 3 aromatic heterocycles. The van der Waals surface area contributed by atoms with Gasteiger partial charge in [-0.2, -0.15) is 0 Å². The first kappa shape index (κ1) is 17.0. The van der Waals surface area contributed by atoms with Gasteiger partial charge in [-0.05, 0) is 36.8 Å². The van der Waals surface area contributed by atoms with Gasteiger partial charge in [0.1, 0.15) is 11.0 Å². The molecule has 1 amide bonds. The zero-order valence-corrected chi connectivity index (χ0v) is 14.9. The third-order valence-corrected chi connectivity index (χ3v) is 4.55. The minimum Gasteiger partial charge on any atom is -0.352 e. The Morgan fingerprint density at radius 1 is 1.22 bits per heavy atom. The molecule has 7 heteroatoms. The molecular weight excluding hydrogens is 342 g/mol. The maximum atomic E-state index is 12.7. The molecule has 0 atom stereocenters. The molecule has 0 bridgehead atoms. The first-order chi connectivity index (χ1) is 13.1. The van der Waals surface area contributed by atoms with Gasteiger partial charge >= 0.3 is 0 Å². The molecule has 3 heterocycles. The molecule has 0 aliphatic heterocycles. The minimum atomic E-state index is -0.171. The number of carbonyl (C=O) groups excluding carboxylic acids is 1. The van der Waals surface area contributed by atoms with Crippen LogP contribution in [0.15, 0.2) is 53.8 Å². The molecule has 136 valence electrons. The summed E-state index contributed by atoms with van der Waals surface area (Å²) in [5, 5.41) is 3.78. The number of rotatable bonds is 5. The predicted molar refractivity (Wildman–Crippen MR) is 103 cm³/mol. The predicted octanol–water partition coefficient (Wildman–Crippen LogP) is 2.29. The summed E-state index contributed by atoms with van der Waals surface area (Å²) >= 11 is 0. The molecule has 0 unspecified atom stereocenters. The zero-order valence-electron chi connectivity index (χ0n) is 14.9. The van der Waals surface area contributed by atoms with Crippen molar-refractivity contribution in [2.75, 3.05) is 0 Å². The second-order valence-corrected chi connectivity index (χ2v) is 6.52. The van der Waals surface area contributed by atoms with Gasteiger partial charge < -0.3 is 10.3 Å². The Balaban J connectivity index is 1.49. The van der Waals surface area contributed by atoms with E-state index in [1.807, 2.05) is 37.3 Å². The maximum Gasteiger partial charge on any atom is 0.277 e. The number of benzene rings is 1. The monoisotopic (exact) mass is 361 g/mol. The second-order valence-electron chi connectivity index (χ2n) is 6.52. The summed E-state index contributed by atoms with van der Waals surface area (Å²) in [7, 11) is 0. The maximum absolute atomic E-state index is 12.7. The molecule has 4 rings (SSSR count). The van der Waals surface area contributed by atoms with Gasteiger partial charge in [0.15, 0.2) is 0 Å². The van der Waals surface area contributed by atoms with Crippen LogP contribution < -0.4 is 10.9 Å². The summed E-state index contributed by atoms with van der Waals surface area (Å²) in [5.41, 5.74) is 3.93. The highest BCUT2D eigenvalue weighted by Crippen LogP contribution is 2.22. The molecule has 27 heavy (non-hydrogen) atoms. The lowest BCUT2D eigenvalue weighted by atomic mass is 10.2. The lowest BCUT2D eigenvalue weighted by Gasteiger charge is -2.07. The van der Waals surface area contributed by atoms with E-state index in [-0.39, 0.29) is 24.4 Å². The molecule has 0 saturated heterocycles. The molecular formula is C20H19N5O2. The number of nitrogens with zero attached hydrogens (tertiary/aromatic N) is 3. The number of fused-ring (bicyclic) bond motifs is 3. The van der Waals surface area contributed by atoms with Gasteiger partial charge in [-0.3, -0.25) is 19.1 Å². The fraction of sp³-hybridized carbons (Fsp3) is 0.200. The smallest absolute Gasteiger partial charge is 0.277 e. The number of aromatic nitrogens is 4. The van der Waals surface area contributed by atoms with Gasteiger partial charge in [-0.15, -0.1) is 0 Å². The van der Waals surface area contributed by atoms with Crippen molar-refractivity contribution in [2.24, 2.45) is 0 Å². The number of H-pyrrole nitrogens is 1. The van der Waals surface area contributed by atoms with E-state index in [9.17, 15) is 9.59 Å². The van der Waals surface area contributed by atoms with Crippen LogP contribution in [0.5, 0.6) is 0 Å². The van der Waals surface area contributed by atoms with E-state index in [4.69, 9.17) is 0 Å². The summed E-state index contributed by atoms with van der Waals surface area (Å²) < 4.78 is 1.47. The van der Waals surface area contributed by atoms with Crippen molar-refractivity contribution in [3.05, 3.63) is 70.5 Å². The molecule has 4 aromatic rings. The van der Waals surface area contributed by atoms with E-state index >= 15 is 0 Å². The molecule has 0 spiro atoms. The highest BCUT2D eigenvalue weighted by atomic mass is 16.1. The molecule has 1 aromatic carbocycles. The van der Waals surface area contributed by atoms with Crippen molar-refractivity contribution in [2.45, 2.75) is 26.4 Å². The first-order valence-electron chi connectivity index (χ1n) is 8.75. The number of aromatic amines is 1. The lowest BCUT2D eigenvalue weighted by molar-refractivity contribution is -0.121. The number of pyridine rings is 1. The van der Waals surface area contributed by atoms with Gasteiger partial charge in [-0.25, -0.2) is 4.98 Å². The average molecular weight is 361 g/mol. The summed E-state index contributed by atoms with van der Waals surface area (Å²) in [6.45, 7) is 2.72. The number of amides is 1. The lowest BCUT2D eigenvalue weighted by Crippen LogP contribution is -2.27. The van der Waals surface area contributed by atoms with E-state index in [2.05, 4.69) is 20.3 Å². The van der Waals surface area contributed by atoms with Crippen molar-refractivity contribution >= 4 is 27.8 Å². The van der Waals surface area contributed by atoms with Crippen LogP contribution in [-0.2, 0) is 17.9 Å². The standard InChI is InChI=1S/C20H19N5O2/c1-13-2-3-16-15(10-13)18-19(24-16)20(27)25(12-23-18)9-6-17(26)22-11-14-4-7-21-8-5-14/h2-5,7-8,10,12,24H,6,9,11H2,1H3,(H,22,26). The first-order valence-corrected chi connectivity index (χ1v) is 8.75. The number of hydrogen-bond donors (Lipinski definition) is 2. The zero-order chi connectivity index (χ0) is 18.8. The highest BCUT2D eigenvalue weighted by Gasteiger charge is 2.11. The third-order valence-electron chi connectivity index (χ3n) is 4.55. The van der Waals surface area contributed by atoms with Crippen LogP contribution in [0.4, 0.5) is 0 Å². The molecule has 0 aliphatic rings. The van der Waals surface area contributed by atoms with Crippen LogP contribution in [0.3, 0.4) is 0 Å². The Hall–Kier alpha value is -3.48. The quantitative estimate of drug-likeness (QED) is 0.570. The molecule has 0 saturated carbocycles. The minimum absolute atomic E-state index is 0.119. The van der Waals surface area contributed by atoms with E-state index in [0.29, 0.717) is 17.6 Å². The van der Waals surface area contributed by atoms with Gasteiger partial charge in [0, 0.05) is 42.8 Å². The van der Waals surface area contributed by atoms with Crippen LogP contribution in [0.1, 0.15) is 17.5 Å². The Morgan fingerprint density at radius 2 is 2.04 bits per heavy atom. The van der Waals surface area contributed by atoms with Crippen LogP contribution in [-0.4, -0.2) is 25.4 Å². The SMILES string of the molecule is Cc1ccc2[nH]c3c(=O)n(CCC(=O)NCc4ccncc4)cnc3c2c1. The van der Waals surface area contributed by atoms with Gasteiger partial charge in [0.05, 0.1) is 6.33 Å². The Labute approximate surface area is 155 Å². The summed E-state index contributed by atoms with van der Waals surface area (Å²) in [5.74, 6) is -0.119. The second kappa shape index (κ2) is 7.03. The molecule has 0 radical (unpaired) electrons. The van der Waals surface area contributed by atoms with Gasteiger partial charge in [0.25, 0.3) is 5.56 Å². The third kappa shape index (κ3) is 3.44. The van der Waals surface area contributed by atoms with Crippen LogP contribution >= 0.6 is 0 Å². The molecule has 0 aliphatic carbocycles. The summed E-state index contributed by atoms with van der Waals surface area (Å²) in [4.78, 5) is 36.3. The summed E-state index contributed by atoms with van der Waals surface area (Å²) in [6, 6.07) is 9.64. The Bertz CT molecular complexity index is 1180. The van der Waals surface area contributed by atoms with Crippen molar-refractivity contribution < 1.29 is 4.79 Å². The van der Waals surface area contributed by atoms with Crippen LogP contribution in [0.2, 0.25) is 0 Å². The van der Waals surface area contributed by atoms with Crippen molar-refractivity contribution in [1.82, 2.24) is 24.8 Å².